The molecule has 0 fully saturated rings. The maximum Gasteiger partial charge on any atom is 0.241 e. The van der Waals surface area contributed by atoms with Crippen molar-refractivity contribution < 1.29 is 13.9 Å². The molecule has 2 aromatic rings. The number of ether oxygens (including phenoxy) is 1. The highest BCUT2D eigenvalue weighted by molar-refractivity contribution is 5.92. The van der Waals surface area contributed by atoms with E-state index in [0.717, 1.165) is 11.3 Å². The van der Waals surface area contributed by atoms with Crippen LogP contribution in [0.5, 0.6) is 5.75 Å². The third-order valence-electron chi connectivity index (χ3n) is 3.64. The summed E-state index contributed by atoms with van der Waals surface area (Å²) in [4.78, 5) is 17.8. The number of aromatic nitrogens is 1. The highest BCUT2D eigenvalue weighted by Crippen LogP contribution is 2.26. The van der Waals surface area contributed by atoms with E-state index < -0.39 is 0 Å². The second-order valence-electron chi connectivity index (χ2n) is 5.33. The number of carbonyl (C=O) groups excluding carboxylic acids is 1. The summed E-state index contributed by atoms with van der Waals surface area (Å²) in [6, 6.07) is 9.57. The highest BCUT2D eigenvalue weighted by Gasteiger charge is 2.22. The smallest absolute Gasteiger partial charge is 0.241 e. The molecule has 0 bridgehead atoms. The molecule has 1 aromatic carbocycles. The molecule has 0 saturated carbocycles. The average molecular weight is 313 g/mol. The number of amides is 1. The van der Waals surface area contributed by atoms with E-state index in [1.165, 1.54) is 4.90 Å². The van der Waals surface area contributed by atoms with Crippen molar-refractivity contribution in [3.05, 3.63) is 41.4 Å². The first kappa shape index (κ1) is 16.6. The van der Waals surface area contributed by atoms with E-state index in [0.29, 0.717) is 5.89 Å². The number of hydrogen-bond donors (Lipinski definition) is 0. The fourth-order valence-corrected chi connectivity index (χ4v) is 2.29. The monoisotopic (exact) mass is 313 g/mol. The summed E-state index contributed by atoms with van der Waals surface area (Å²) < 4.78 is 10.6. The number of nitriles is 1. The minimum atomic E-state index is -0.145. The van der Waals surface area contributed by atoms with E-state index in [9.17, 15) is 4.79 Å². The van der Waals surface area contributed by atoms with Crippen LogP contribution in [0.25, 0.3) is 0 Å². The van der Waals surface area contributed by atoms with Gasteiger partial charge in [0.1, 0.15) is 11.8 Å². The Morgan fingerprint density at radius 1 is 1.52 bits per heavy atom. The van der Waals surface area contributed by atoms with E-state index >= 15 is 0 Å². The highest BCUT2D eigenvalue weighted by atomic mass is 16.5. The Bertz CT molecular complexity index is 746. The van der Waals surface area contributed by atoms with Crippen LogP contribution in [0.3, 0.4) is 0 Å². The number of nitrogens with zero attached hydrogens (tertiary/aromatic N) is 3. The summed E-state index contributed by atoms with van der Waals surface area (Å²) in [5, 5.41) is 9.06. The molecule has 6 heteroatoms. The van der Waals surface area contributed by atoms with Gasteiger partial charge >= 0.3 is 0 Å². The van der Waals surface area contributed by atoms with Gasteiger partial charge < -0.3 is 9.15 Å². The fraction of sp³-hybridized carbons (Fsp3) is 0.353. The summed E-state index contributed by atoms with van der Waals surface area (Å²) in [5.74, 6) is 1.17. The summed E-state index contributed by atoms with van der Waals surface area (Å²) in [7, 11) is 3.19. The van der Waals surface area contributed by atoms with Crippen molar-refractivity contribution in [1.29, 1.82) is 5.26 Å². The quantitative estimate of drug-likeness (QED) is 0.847. The predicted octanol–water partition coefficient (Wildman–Crippen LogP) is 3.02. The Morgan fingerprint density at radius 2 is 2.26 bits per heavy atom. The zero-order chi connectivity index (χ0) is 17.0. The number of aryl methyl sites for hydroxylation is 1. The van der Waals surface area contributed by atoms with Crippen LogP contribution in [-0.2, 0) is 4.79 Å². The van der Waals surface area contributed by atoms with Gasteiger partial charge in [-0.15, -0.1) is 0 Å². The lowest BCUT2D eigenvalue weighted by Crippen LogP contribution is -2.27. The first-order valence-corrected chi connectivity index (χ1v) is 7.24. The van der Waals surface area contributed by atoms with E-state index in [1.54, 1.807) is 21.1 Å². The van der Waals surface area contributed by atoms with Crippen LogP contribution in [-0.4, -0.2) is 25.0 Å². The van der Waals surface area contributed by atoms with Crippen LogP contribution in [0.1, 0.15) is 36.4 Å². The second kappa shape index (κ2) is 6.97. The minimum Gasteiger partial charge on any atom is -0.497 e. The topological polar surface area (TPSA) is 79.4 Å². The molecule has 2 rings (SSSR count). The average Bonchev–Trinajstić information content (AvgIpc) is 2.94. The zero-order valence-electron chi connectivity index (χ0n) is 13.7. The fourth-order valence-electron chi connectivity index (χ4n) is 2.29. The van der Waals surface area contributed by atoms with Gasteiger partial charge in [-0.3, -0.25) is 9.69 Å². The number of carbonyl (C=O) groups is 1. The van der Waals surface area contributed by atoms with Crippen molar-refractivity contribution in [3.63, 3.8) is 0 Å². The molecule has 1 amide bonds. The first-order valence-electron chi connectivity index (χ1n) is 7.24. The van der Waals surface area contributed by atoms with Crippen LogP contribution in [0.15, 0.2) is 28.7 Å². The zero-order valence-corrected chi connectivity index (χ0v) is 13.7. The number of benzene rings is 1. The van der Waals surface area contributed by atoms with Gasteiger partial charge in [0.2, 0.25) is 17.5 Å². The molecule has 0 radical (unpaired) electrons. The molecule has 0 saturated heterocycles. The van der Waals surface area contributed by atoms with Crippen molar-refractivity contribution in [3.8, 4) is 11.8 Å². The van der Waals surface area contributed by atoms with E-state index in [4.69, 9.17) is 14.4 Å². The van der Waals surface area contributed by atoms with Crippen molar-refractivity contribution in [1.82, 2.24) is 4.98 Å². The molecule has 1 heterocycles. The van der Waals surface area contributed by atoms with Gasteiger partial charge in [-0.05, 0) is 23.6 Å². The summed E-state index contributed by atoms with van der Waals surface area (Å²) >= 11 is 0. The number of methoxy groups -OCH3 is 1. The summed E-state index contributed by atoms with van der Waals surface area (Å²) in [6.45, 7) is 3.61. The number of rotatable bonds is 5. The molecule has 1 atom stereocenters. The van der Waals surface area contributed by atoms with Gasteiger partial charge in [-0.25, -0.2) is 4.98 Å². The SMILES string of the molecule is COc1cccc(C(C)CC(=O)N(C)c2oc(C)nc2C#N)c1. The molecular weight excluding hydrogens is 294 g/mol. The Kier molecular flexibility index (Phi) is 5.02. The van der Waals surface area contributed by atoms with Crippen LogP contribution in [0.4, 0.5) is 5.88 Å². The maximum absolute atomic E-state index is 12.5. The van der Waals surface area contributed by atoms with E-state index in [1.807, 2.05) is 37.3 Å². The van der Waals surface area contributed by atoms with Gasteiger partial charge in [0.15, 0.2) is 5.89 Å². The molecule has 0 aliphatic rings. The van der Waals surface area contributed by atoms with Gasteiger partial charge in [-0.1, -0.05) is 19.1 Å². The van der Waals surface area contributed by atoms with Gasteiger partial charge in [0.25, 0.3) is 0 Å². The molecule has 120 valence electrons. The van der Waals surface area contributed by atoms with Crippen molar-refractivity contribution in [2.75, 3.05) is 19.1 Å². The molecule has 0 aliphatic carbocycles. The van der Waals surface area contributed by atoms with Gasteiger partial charge in [0.05, 0.1) is 7.11 Å². The Morgan fingerprint density at radius 3 is 2.91 bits per heavy atom. The Balaban J connectivity index is 2.12. The molecule has 0 aliphatic heterocycles. The molecule has 6 nitrogen and oxygen atoms in total. The van der Waals surface area contributed by atoms with Gasteiger partial charge in [0, 0.05) is 20.4 Å². The molecule has 1 unspecified atom stereocenters. The third kappa shape index (κ3) is 3.69. The lowest BCUT2D eigenvalue weighted by atomic mass is 9.97. The predicted molar refractivity (Wildman–Crippen MR) is 85.4 cm³/mol. The normalized spacial score (nSPS) is 11.6. The largest absolute Gasteiger partial charge is 0.497 e. The first-order chi connectivity index (χ1) is 11.0. The number of hydrogen-bond acceptors (Lipinski definition) is 5. The maximum atomic E-state index is 12.5. The van der Waals surface area contributed by atoms with Crippen LogP contribution in [0.2, 0.25) is 0 Å². The Hall–Kier alpha value is -2.81. The summed E-state index contributed by atoms with van der Waals surface area (Å²) in [6.07, 6.45) is 0.286. The van der Waals surface area contributed by atoms with Crippen LogP contribution < -0.4 is 9.64 Å². The molecular formula is C17H19N3O3. The molecule has 0 N–H and O–H groups in total. The molecule has 0 spiro atoms. The van der Waals surface area contributed by atoms with Crippen molar-refractivity contribution >= 4 is 11.8 Å². The number of anilines is 1. The van der Waals surface area contributed by atoms with E-state index in [-0.39, 0.29) is 29.8 Å². The lowest BCUT2D eigenvalue weighted by Gasteiger charge is -2.18. The lowest BCUT2D eigenvalue weighted by molar-refractivity contribution is -0.118. The third-order valence-corrected chi connectivity index (χ3v) is 3.64. The molecule has 23 heavy (non-hydrogen) atoms. The van der Waals surface area contributed by atoms with Crippen LogP contribution in [0, 0.1) is 18.3 Å². The van der Waals surface area contributed by atoms with Gasteiger partial charge in [-0.2, -0.15) is 5.26 Å². The Labute approximate surface area is 135 Å². The standard InChI is InChI=1S/C17H19N3O3/c1-11(13-6-5-7-14(9-13)22-4)8-16(21)20(3)17-15(10-18)19-12(2)23-17/h5-7,9,11H,8H2,1-4H3. The van der Waals surface area contributed by atoms with Crippen molar-refractivity contribution in [2.45, 2.75) is 26.2 Å². The summed E-state index contributed by atoms with van der Waals surface area (Å²) in [5.41, 5.74) is 1.13. The van der Waals surface area contributed by atoms with E-state index in [2.05, 4.69) is 4.98 Å². The molecule has 1 aromatic heterocycles. The number of oxazole rings is 1. The van der Waals surface area contributed by atoms with Crippen molar-refractivity contribution in [2.24, 2.45) is 0 Å². The second-order valence-corrected chi connectivity index (χ2v) is 5.33. The van der Waals surface area contributed by atoms with Crippen LogP contribution >= 0.6 is 0 Å². The minimum absolute atomic E-state index is 0.00889.